The molecule has 1 aliphatic rings. The number of fused-ring (bicyclic) bond motifs is 1. The number of benzene rings is 2. The van der Waals surface area contributed by atoms with Crippen LogP contribution < -0.4 is 10.6 Å². The second-order valence-corrected chi connectivity index (χ2v) is 7.84. The number of hydrogen-bond acceptors (Lipinski definition) is 3. The van der Waals surface area contributed by atoms with Gasteiger partial charge in [0, 0.05) is 39.1 Å². The third kappa shape index (κ3) is 7.10. The number of aliphatic hydroxyl groups is 1. The summed E-state index contributed by atoms with van der Waals surface area (Å²) < 4.78 is 0. The topological polar surface area (TPSA) is 77.0 Å². The number of nitrogens with one attached hydrogen (secondary N) is 2. The summed E-state index contributed by atoms with van der Waals surface area (Å²) in [7, 11) is 0. The van der Waals surface area contributed by atoms with E-state index in [-0.39, 0.29) is 5.91 Å². The number of amides is 1. The highest BCUT2D eigenvalue weighted by Crippen LogP contribution is 2.19. The predicted octanol–water partition coefficient (Wildman–Crippen LogP) is 3.03. The van der Waals surface area contributed by atoms with E-state index >= 15 is 0 Å². The summed E-state index contributed by atoms with van der Waals surface area (Å²) in [5, 5.41) is 16.8. The average molecular weight is 423 g/mol. The van der Waals surface area contributed by atoms with Crippen molar-refractivity contribution < 1.29 is 9.90 Å². The van der Waals surface area contributed by atoms with Crippen molar-refractivity contribution in [2.45, 2.75) is 45.3 Å². The standard InChI is InChI=1S/C25H34N4O2/c1-2-26-25(28-17-14-23(30)21-10-4-3-5-11-21)27-16-8-13-24(31)29-18-15-20-9-6-7-12-22(20)19-29/h3-7,9-12,23,30H,2,8,13-19H2,1H3,(H2,26,27,28). The first-order valence-corrected chi connectivity index (χ1v) is 11.3. The fourth-order valence-electron chi connectivity index (χ4n) is 3.80. The van der Waals surface area contributed by atoms with Crippen LogP contribution in [0.25, 0.3) is 0 Å². The molecule has 0 aliphatic carbocycles. The van der Waals surface area contributed by atoms with Crippen molar-refractivity contribution in [2.24, 2.45) is 4.99 Å². The minimum Gasteiger partial charge on any atom is -0.388 e. The van der Waals surface area contributed by atoms with Gasteiger partial charge in [-0.3, -0.25) is 9.79 Å². The van der Waals surface area contributed by atoms with Crippen LogP contribution in [0.4, 0.5) is 0 Å². The van der Waals surface area contributed by atoms with Crippen LogP contribution in [0.3, 0.4) is 0 Å². The molecule has 0 saturated carbocycles. The highest BCUT2D eigenvalue weighted by atomic mass is 16.3. The van der Waals surface area contributed by atoms with Gasteiger partial charge in [0.25, 0.3) is 0 Å². The minimum absolute atomic E-state index is 0.202. The van der Waals surface area contributed by atoms with Crippen molar-refractivity contribution in [3.63, 3.8) is 0 Å². The summed E-state index contributed by atoms with van der Waals surface area (Å²) in [6, 6.07) is 18.0. The lowest BCUT2D eigenvalue weighted by atomic mass is 9.99. The molecular formula is C25H34N4O2. The summed E-state index contributed by atoms with van der Waals surface area (Å²) in [5.41, 5.74) is 3.54. The van der Waals surface area contributed by atoms with Gasteiger partial charge in [-0.05, 0) is 42.9 Å². The normalized spacial score (nSPS) is 14.6. The Balaban J connectivity index is 1.38. The Morgan fingerprint density at radius 1 is 1.10 bits per heavy atom. The number of carbonyl (C=O) groups excluding carboxylic acids is 1. The summed E-state index contributed by atoms with van der Waals surface area (Å²) in [5.74, 6) is 0.927. The number of hydrogen-bond donors (Lipinski definition) is 3. The highest BCUT2D eigenvalue weighted by Gasteiger charge is 2.19. The molecule has 3 N–H and O–H groups in total. The van der Waals surface area contributed by atoms with E-state index in [1.54, 1.807) is 0 Å². The largest absolute Gasteiger partial charge is 0.388 e. The Labute approximate surface area is 185 Å². The van der Waals surface area contributed by atoms with Crippen LogP contribution in [0.1, 0.15) is 49.0 Å². The fraction of sp³-hybridized carbons (Fsp3) is 0.440. The molecule has 2 aromatic rings. The molecule has 0 aromatic heterocycles. The monoisotopic (exact) mass is 422 g/mol. The highest BCUT2D eigenvalue weighted by molar-refractivity contribution is 5.80. The second kappa shape index (κ2) is 12.1. The number of aliphatic hydroxyl groups excluding tert-OH is 1. The van der Waals surface area contributed by atoms with Crippen molar-refractivity contribution in [3.05, 3.63) is 71.3 Å². The molecule has 6 heteroatoms. The van der Waals surface area contributed by atoms with Gasteiger partial charge in [-0.1, -0.05) is 54.6 Å². The molecule has 1 aliphatic heterocycles. The van der Waals surface area contributed by atoms with E-state index in [1.807, 2.05) is 48.2 Å². The summed E-state index contributed by atoms with van der Waals surface area (Å²) >= 11 is 0. The molecule has 0 spiro atoms. The molecule has 2 aromatic carbocycles. The van der Waals surface area contributed by atoms with Crippen molar-refractivity contribution in [1.29, 1.82) is 0 Å². The quantitative estimate of drug-likeness (QED) is 0.330. The summed E-state index contributed by atoms with van der Waals surface area (Å²) in [6.07, 6.45) is 2.27. The van der Waals surface area contributed by atoms with E-state index in [2.05, 4.69) is 33.8 Å². The molecule has 1 amide bonds. The smallest absolute Gasteiger partial charge is 0.222 e. The Bertz CT molecular complexity index is 854. The maximum Gasteiger partial charge on any atom is 0.222 e. The Morgan fingerprint density at radius 3 is 2.61 bits per heavy atom. The van der Waals surface area contributed by atoms with Crippen LogP contribution in [0.15, 0.2) is 59.6 Å². The molecule has 0 radical (unpaired) electrons. The molecule has 3 rings (SSSR count). The molecule has 6 nitrogen and oxygen atoms in total. The lowest BCUT2D eigenvalue weighted by Crippen LogP contribution is -2.38. The SMILES string of the molecule is CCNC(=NCCCC(=O)N1CCc2ccccc2C1)NCCC(O)c1ccccc1. The van der Waals surface area contributed by atoms with Gasteiger partial charge in [-0.25, -0.2) is 0 Å². The molecule has 0 fully saturated rings. The molecule has 1 unspecified atom stereocenters. The molecule has 1 atom stereocenters. The lowest BCUT2D eigenvalue weighted by molar-refractivity contribution is -0.132. The van der Waals surface area contributed by atoms with Gasteiger partial charge in [0.15, 0.2) is 5.96 Å². The van der Waals surface area contributed by atoms with Crippen LogP contribution in [0.2, 0.25) is 0 Å². The third-order valence-corrected chi connectivity index (χ3v) is 5.54. The second-order valence-electron chi connectivity index (χ2n) is 7.84. The van der Waals surface area contributed by atoms with E-state index in [0.717, 1.165) is 37.5 Å². The third-order valence-electron chi connectivity index (χ3n) is 5.54. The van der Waals surface area contributed by atoms with Gasteiger partial charge < -0.3 is 20.6 Å². The van der Waals surface area contributed by atoms with Gasteiger partial charge >= 0.3 is 0 Å². The average Bonchev–Trinajstić information content (AvgIpc) is 2.81. The van der Waals surface area contributed by atoms with E-state index in [0.29, 0.717) is 32.5 Å². The number of rotatable bonds is 9. The predicted molar refractivity (Wildman–Crippen MR) is 125 cm³/mol. The Kier molecular flexibility index (Phi) is 8.91. The Hall–Kier alpha value is -2.86. The van der Waals surface area contributed by atoms with E-state index in [4.69, 9.17) is 0 Å². The van der Waals surface area contributed by atoms with Crippen LogP contribution in [-0.4, -0.2) is 48.1 Å². The zero-order chi connectivity index (χ0) is 21.9. The van der Waals surface area contributed by atoms with Crippen LogP contribution in [-0.2, 0) is 17.8 Å². The zero-order valence-corrected chi connectivity index (χ0v) is 18.4. The van der Waals surface area contributed by atoms with Crippen LogP contribution in [0.5, 0.6) is 0 Å². The number of guanidine groups is 1. The van der Waals surface area contributed by atoms with Crippen LogP contribution in [0, 0.1) is 0 Å². The van der Waals surface area contributed by atoms with Gasteiger partial charge in [0.05, 0.1) is 6.10 Å². The minimum atomic E-state index is -0.496. The first-order valence-electron chi connectivity index (χ1n) is 11.3. The molecule has 0 bridgehead atoms. The van der Waals surface area contributed by atoms with Crippen molar-refractivity contribution in [3.8, 4) is 0 Å². The van der Waals surface area contributed by atoms with Crippen molar-refractivity contribution in [2.75, 3.05) is 26.2 Å². The summed E-state index contributed by atoms with van der Waals surface area (Å²) in [4.78, 5) is 19.1. The van der Waals surface area contributed by atoms with Gasteiger partial charge in [0.2, 0.25) is 5.91 Å². The molecule has 166 valence electrons. The van der Waals surface area contributed by atoms with E-state index in [9.17, 15) is 9.90 Å². The van der Waals surface area contributed by atoms with Gasteiger partial charge in [-0.2, -0.15) is 0 Å². The fourth-order valence-corrected chi connectivity index (χ4v) is 3.80. The van der Waals surface area contributed by atoms with Crippen molar-refractivity contribution >= 4 is 11.9 Å². The Morgan fingerprint density at radius 2 is 1.84 bits per heavy atom. The van der Waals surface area contributed by atoms with Gasteiger partial charge in [-0.15, -0.1) is 0 Å². The first-order chi connectivity index (χ1) is 15.2. The maximum absolute atomic E-state index is 12.6. The first kappa shape index (κ1) is 22.8. The summed E-state index contributed by atoms with van der Waals surface area (Å²) in [6.45, 7) is 5.51. The van der Waals surface area contributed by atoms with E-state index < -0.39 is 6.10 Å². The maximum atomic E-state index is 12.6. The van der Waals surface area contributed by atoms with Crippen molar-refractivity contribution in [1.82, 2.24) is 15.5 Å². The lowest BCUT2D eigenvalue weighted by Gasteiger charge is -2.28. The molecular weight excluding hydrogens is 388 g/mol. The zero-order valence-electron chi connectivity index (χ0n) is 18.4. The van der Waals surface area contributed by atoms with Gasteiger partial charge in [0.1, 0.15) is 0 Å². The molecule has 0 saturated heterocycles. The number of carbonyl (C=O) groups is 1. The molecule has 1 heterocycles. The molecule has 31 heavy (non-hydrogen) atoms. The van der Waals surface area contributed by atoms with Crippen LogP contribution >= 0.6 is 0 Å². The van der Waals surface area contributed by atoms with E-state index in [1.165, 1.54) is 11.1 Å². The number of aliphatic imine (C=N–C) groups is 1. The number of nitrogens with zero attached hydrogens (tertiary/aromatic N) is 2.